The van der Waals surface area contributed by atoms with E-state index >= 15 is 0 Å². The van der Waals surface area contributed by atoms with Gasteiger partial charge in [0.15, 0.2) is 0 Å². The Kier molecular flexibility index (Phi) is 12.9. The van der Waals surface area contributed by atoms with E-state index in [2.05, 4.69) is 6.92 Å². The fourth-order valence-corrected chi connectivity index (χ4v) is 3.15. The first kappa shape index (κ1) is 21.6. The van der Waals surface area contributed by atoms with E-state index in [1.165, 1.54) is 0 Å². The van der Waals surface area contributed by atoms with Crippen molar-refractivity contribution >= 4 is 17.7 Å². The number of rotatable bonds is 13. The first-order valence-electron chi connectivity index (χ1n) is 8.25. The number of esters is 1. The Hall–Kier alpha value is -0.390. The molecule has 0 aromatic rings. The molecule has 132 valence electrons. The van der Waals surface area contributed by atoms with Gasteiger partial charge in [0.2, 0.25) is 0 Å². The van der Waals surface area contributed by atoms with Gasteiger partial charge in [0, 0.05) is 6.42 Å². The highest BCUT2D eigenvalue weighted by molar-refractivity contribution is 8.00. The number of hydrogen-bond donors (Lipinski definition) is 0. The number of hydrogen-bond acceptors (Lipinski definition) is 3. The summed E-state index contributed by atoms with van der Waals surface area (Å²) in [6, 6.07) is 0. The quantitative estimate of drug-likeness (QED) is 0.315. The molecule has 0 amide bonds. The Bertz CT molecular complexity index is 283. The molecule has 1 atom stereocenters. The van der Waals surface area contributed by atoms with Gasteiger partial charge in [-0.2, -0.15) is 13.2 Å². The van der Waals surface area contributed by atoms with Crippen LogP contribution in [-0.2, 0) is 9.53 Å². The number of alkyl halides is 3. The maximum Gasteiger partial charge on any atom is 0.389 e. The Morgan fingerprint density at radius 1 is 1.05 bits per heavy atom. The van der Waals surface area contributed by atoms with Crippen LogP contribution in [0.5, 0.6) is 0 Å². The molecule has 0 aliphatic rings. The summed E-state index contributed by atoms with van der Waals surface area (Å²) in [5.74, 6) is 0.666. The van der Waals surface area contributed by atoms with Gasteiger partial charge in [-0.25, -0.2) is 0 Å². The van der Waals surface area contributed by atoms with Crippen LogP contribution in [0.3, 0.4) is 0 Å². The summed E-state index contributed by atoms with van der Waals surface area (Å²) in [5.41, 5.74) is 0. The van der Waals surface area contributed by atoms with Crippen LogP contribution < -0.4 is 0 Å². The average molecular weight is 342 g/mol. The lowest BCUT2D eigenvalue weighted by Crippen LogP contribution is -2.21. The van der Waals surface area contributed by atoms with Crippen molar-refractivity contribution < 1.29 is 22.7 Å². The molecule has 0 heterocycles. The van der Waals surface area contributed by atoms with Crippen LogP contribution in [0.1, 0.15) is 71.6 Å². The predicted molar refractivity (Wildman–Crippen MR) is 86.2 cm³/mol. The summed E-state index contributed by atoms with van der Waals surface area (Å²) in [7, 11) is 0. The van der Waals surface area contributed by atoms with Gasteiger partial charge < -0.3 is 4.74 Å². The second-order valence-corrected chi connectivity index (χ2v) is 6.76. The monoisotopic (exact) mass is 342 g/mol. The smallest absolute Gasteiger partial charge is 0.389 e. The van der Waals surface area contributed by atoms with Crippen molar-refractivity contribution in [3.8, 4) is 0 Å². The molecule has 0 spiro atoms. The van der Waals surface area contributed by atoms with Crippen molar-refractivity contribution in [1.82, 2.24) is 0 Å². The predicted octanol–water partition coefficient (Wildman–Crippen LogP) is 5.74. The first-order chi connectivity index (χ1) is 10.4. The first-order valence-corrected chi connectivity index (χ1v) is 9.30. The molecule has 22 heavy (non-hydrogen) atoms. The zero-order chi connectivity index (χ0) is 16.8. The van der Waals surface area contributed by atoms with Gasteiger partial charge in [-0.1, -0.05) is 39.5 Å². The van der Waals surface area contributed by atoms with E-state index in [9.17, 15) is 18.0 Å². The van der Waals surface area contributed by atoms with Crippen molar-refractivity contribution in [2.24, 2.45) is 0 Å². The molecule has 0 bridgehead atoms. The fraction of sp³-hybridized carbons (Fsp3) is 0.938. The third-order valence-electron chi connectivity index (χ3n) is 3.20. The van der Waals surface area contributed by atoms with Crippen LogP contribution >= 0.6 is 11.8 Å². The molecule has 6 heteroatoms. The Morgan fingerprint density at radius 2 is 1.73 bits per heavy atom. The maximum atomic E-state index is 12.0. The molecule has 0 saturated carbocycles. The largest absolute Gasteiger partial charge is 0.465 e. The summed E-state index contributed by atoms with van der Waals surface area (Å²) < 4.78 is 41.2. The number of thioether (sulfide) groups is 1. The van der Waals surface area contributed by atoms with Crippen molar-refractivity contribution in [2.75, 3.05) is 12.4 Å². The summed E-state index contributed by atoms with van der Waals surface area (Å²) >= 11 is 1.59. The van der Waals surface area contributed by atoms with E-state index in [0.717, 1.165) is 44.3 Å². The molecule has 0 rings (SSSR count). The van der Waals surface area contributed by atoms with Gasteiger partial charge in [0.25, 0.3) is 0 Å². The second kappa shape index (κ2) is 13.1. The molecular weight excluding hydrogens is 313 g/mol. The van der Waals surface area contributed by atoms with Crippen molar-refractivity contribution in [2.45, 2.75) is 83.1 Å². The zero-order valence-corrected chi connectivity index (χ0v) is 14.5. The molecular formula is C16H29F3O2S. The second-order valence-electron chi connectivity index (χ2n) is 5.45. The summed E-state index contributed by atoms with van der Waals surface area (Å²) in [6.07, 6.45) is 1.37. The standard InChI is InChI=1S/C16H29F3O2S/c1-3-5-10-14(15(20)21-12-4-2)22-13-9-7-6-8-11-16(17,18)19/h14H,3-13H2,1-2H3. The Balaban J connectivity index is 3.81. The van der Waals surface area contributed by atoms with Gasteiger partial charge in [-0.15, -0.1) is 11.8 Å². The highest BCUT2D eigenvalue weighted by Gasteiger charge is 2.25. The molecule has 0 saturated heterocycles. The van der Waals surface area contributed by atoms with E-state index < -0.39 is 12.6 Å². The summed E-state index contributed by atoms with van der Waals surface area (Å²) in [5, 5.41) is -0.123. The van der Waals surface area contributed by atoms with Crippen LogP contribution in [0.25, 0.3) is 0 Å². The lowest BCUT2D eigenvalue weighted by Gasteiger charge is -2.15. The summed E-state index contributed by atoms with van der Waals surface area (Å²) in [4.78, 5) is 11.9. The fourth-order valence-electron chi connectivity index (χ4n) is 1.96. The average Bonchev–Trinajstić information content (AvgIpc) is 2.45. The minimum Gasteiger partial charge on any atom is -0.465 e. The van der Waals surface area contributed by atoms with E-state index in [0.29, 0.717) is 13.0 Å². The lowest BCUT2D eigenvalue weighted by atomic mass is 10.1. The van der Waals surface area contributed by atoms with Crippen LogP contribution in [-0.4, -0.2) is 29.8 Å². The molecule has 0 N–H and O–H groups in total. The molecule has 1 unspecified atom stereocenters. The van der Waals surface area contributed by atoms with Crippen molar-refractivity contribution in [3.63, 3.8) is 0 Å². The number of carbonyl (C=O) groups is 1. The van der Waals surface area contributed by atoms with E-state index in [-0.39, 0.29) is 17.6 Å². The molecule has 0 aromatic heterocycles. The molecule has 0 fully saturated rings. The Morgan fingerprint density at radius 3 is 2.32 bits per heavy atom. The van der Waals surface area contributed by atoms with Crippen LogP contribution in [0.2, 0.25) is 0 Å². The Labute approximate surface area is 136 Å². The lowest BCUT2D eigenvalue weighted by molar-refractivity contribution is -0.143. The zero-order valence-electron chi connectivity index (χ0n) is 13.7. The van der Waals surface area contributed by atoms with E-state index in [1.54, 1.807) is 11.8 Å². The number of halogens is 3. The van der Waals surface area contributed by atoms with Crippen molar-refractivity contribution in [3.05, 3.63) is 0 Å². The third kappa shape index (κ3) is 13.3. The maximum absolute atomic E-state index is 12.0. The normalized spacial score (nSPS) is 13.1. The molecule has 0 aromatic carbocycles. The van der Waals surface area contributed by atoms with Gasteiger partial charge >= 0.3 is 12.1 Å². The van der Waals surface area contributed by atoms with Crippen LogP contribution in [0, 0.1) is 0 Å². The SMILES string of the molecule is CCCCC(SCCCCCCC(F)(F)F)C(=O)OCCC. The van der Waals surface area contributed by atoms with E-state index in [1.807, 2.05) is 6.92 Å². The van der Waals surface area contributed by atoms with Crippen LogP contribution in [0.15, 0.2) is 0 Å². The van der Waals surface area contributed by atoms with Crippen molar-refractivity contribution in [1.29, 1.82) is 0 Å². The topological polar surface area (TPSA) is 26.3 Å². The summed E-state index contributed by atoms with van der Waals surface area (Å²) in [6.45, 7) is 4.50. The van der Waals surface area contributed by atoms with Gasteiger partial charge in [-0.3, -0.25) is 4.79 Å². The minimum atomic E-state index is -4.04. The van der Waals surface area contributed by atoms with E-state index in [4.69, 9.17) is 4.74 Å². The van der Waals surface area contributed by atoms with Gasteiger partial charge in [0.1, 0.15) is 5.25 Å². The number of ether oxygens (including phenoxy) is 1. The minimum absolute atomic E-state index is 0.123. The third-order valence-corrected chi connectivity index (χ3v) is 4.56. The van der Waals surface area contributed by atoms with Gasteiger partial charge in [-0.05, 0) is 31.4 Å². The highest BCUT2D eigenvalue weighted by atomic mass is 32.2. The molecule has 0 aliphatic heterocycles. The highest BCUT2D eigenvalue weighted by Crippen LogP contribution is 2.24. The number of carbonyl (C=O) groups excluding carboxylic acids is 1. The number of unbranched alkanes of at least 4 members (excludes halogenated alkanes) is 4. The molecule has 2 nitrogen and oxygen atoms in total. The molecule has 0 radical (unpaired) electrons. The van der Waals surface area contributed by atoms with Crippen LogP contribution in [0.4, 0.5) is 13.2 Å². The van der Waals surface area contributed by atoms with Gasteiger partial charge in [0.05, 0.1) is 6.61 Å². The molecule has 0 aliphatic carbocycles.